The Balaban J connectivity index is 1.40. The van der Waals surface area contributed by atoms with Crippen LogP contribution >= 0.6 is 0 Å². The van der Waals surface area contributed by atoms with Gasteiger partial charge in [-0.2, -0.15) is 0 Å². The molecule has 0 radical (unpaired) electrons. The van der Waals surface area contributed by atoms with Crippen LogP contribution in [-0.2, 0) is 0 Å². The first-order valence-corrected chi connectivity index (χ1v) is 9.91. The average Bonchev–Trinajstić information content (AvgIpc) is 3.41. The molecule has 28 heavy (non-hydrogen) atoms. The van der Waals surface area contributed by atoms with Crippen molar-refractivity contribution in [1.82, 2.24) is 15.6 Å². The van der Waals surface area contributed by atoms with Crippen LogP contribution in [0.15, 0.2) is 42.7 Å². The second-order valence-electron chi connectivity index (χ2n) is 7.77. The van der Waals surface area contributed by atoms with Crippen molar-refractivity contribution >= 4 is 5.91 Å². The number of hydrogen-bond donors (Lipinski definition) is 2. The molecule has 1 aromatic carbocycles. The van der Waals surface area contributed by atoms with Crippen LogP contribution < -0.4 is 10.6 Å². The van der Waals surface area contributed by atoms with Crippen molar-refractivity contribution in [1.29, 1.82) is 0 Å². The third kappa shape index (κ3) is 4.58. The smallest absolute Gasteiger partial charge is 0.251 e. The van der Waals surface area contributed by atoms with Gasteiger partial charge in [-0.05, 0) is 56.0 Å². The van der Waals surface area contributed by atoms with Gasteiger partial charge in [-0.25, -0.2) is 4.39 Å². The van der Waals surface area contributed by atoms with E-state index in [0.717, 1.165) is 18.4 Å². The summed E-state index contributed by atoms with van der Waals surface area (Å²) in [7, 11) is 0. The molecule has 144 valence electrons. The van der Waals surface area contributed by atoms with E-state index in [2.05, 4.69) is 27.5 Å². The SMILES string of the molecule is O=C(NCC1(NC2CC2)CCCC1)c1ccc(C#Cc2ccncc2)c(F)c1. The molecule has 0 atom stereocenters. The van der Waals surface area contributed by atoms with E-state index in [-0.39, 0.29) is 17.0 Å². The van der Waals surface area contributed by atoms with E-state index in [0.29, 0.717) is 18.2 Å². The van der Waals surface area contributed by atoms with Gasteiger partial charge in [0, 0.05) is 41.6 Å². The lowest BCUT2D eigenvalue weighted by Crippen LogP contribution is -2.52. The third-order valence-corrected chi connectivity index (χ3v) is 5.49. The minimum absolute atomic E-state index is 0.00529. The molecule has 1 amide bonds. The number of hydrogen-bond acceptors (Lipinski definition) is 3. The summed E-state index contributed by atoms with van der Waals surface area (Å²) in [6, 6.07) is 8.59. The van der Waals surface area contributed by atoms with Crippen LogP contribution in [0.4, 0.5) is 4.39 Å². The average molecular weight is 377 g/mol. The Morgan fingerprint density at radius 2 is 1.89 bits per heavy atom. The molecule has 2 N–H and O–H groups in total. The zero-order valence-corrected chi connectivity index (χ0v) is 15.8. The summed E-state index contributed by atoms with van der Waals surface area (Å²) in [4.78, 5) is 16.5. The molecule has 0 bridgehead atoms. The Hall–Kier alpha value is -2.71. The van der Waals surface area contributed by atoms with Gasteiger partial charge in [0.15, 0.2) is 0 Å². The number of nitrogens with zero attached hydrogens (tertiary/aromatic N) is 1. The van der Waals surface area contributed by atoms with Gasteiger partial charge in [0.1, 0.15) is 5.82 Å². The molecule has 5 heteroatoms. The lowest BCUT2D eigenvalue weighted by atomic mass is 9.97. The maximum atomic E-state index is 14.4. The molecule has 4 rings (SSSR count). The predicted molar refractivity (Wildman–Crippen MR) is 106 cm³/mol. The number of pyridine rings is 1. The van der Waals surface area contributed by atoms with Gasteiger partial charge in [0.05, 0.1) is 5.56 Å². The van der Waals surface area contributed by atoms with Crippen LogP contribution in [0.2, 0.25) is 0 Å². The normalized spacial score (nSPS) is 17.6. The first kappa shape index (κ1) is 18.6. The van der Waals surface area contributed by atoms with Gasteiger partial charge in [-0.3, -0.25) is 9.78 Å². The standard InChI is InChI=1S/C23H24FN3O/c24-21-15-19(6-5-18(21)4-3-17-9-13-25-14-10-17)22(28)26-16-23(11-1-2-12-23)27-20-7-8-20/h5-6,9-10,13-15,20,27H,1-2,7-8,11-12,16H2,(H,26,28). The molecule has 1 aromatic heterocycles. The highest BCUT2D eigenvalue weighted by Crippen LogP contribution is 2.33. The fraction of sp³-hybridized carbons (Fsp3) is 0.391. The highest BCUT2D eigenvalue weighted by Gasteiger charge is 2.38. The van der Waals surface area contributed by atoms with E-state index in [4.69, 9.17) is 0 Å². The number of carbonyl (C=O) groups is 1. The minimum Gasteiger partial charge on any atom is -0.350 e. The minimum atomic E-state index is -0.485. The summed E-state index contributed by atoms with van der Waals surface area (Å²) in [6.45, 7) is 0.591. The second-order valence-corrected chi connectivity index (χ2v) is 7.77. The topological polar surface area (TPSA) is 54.0 Å². The molecule has 0 saturated heterocycles. The van der Waals surface area contributed by atoms with Crippen molar-refractivity contribution in [3.63, 3.8) is 0 Å². The van der Waals surface area contributed by atoms with Crippen molar-refractivity contribution in [2.75, 3.05) is 6.54 Å². The second kappa shape index (κ2) is 8.12. The molecule has 1 heterocycles. The van der Waals surface area contributed by atoms with Gasteiger partial charge >= 0.3 is 0 Å². The first-order valence-electron chi connectivity index (χ1n) is 9.91. The summed E-state index contributed by atoms with van der Waals surface area (Å²) in [5.74, 6) is 4.99. The molecule has 0 spiro atoms. The van der Waals surface area contributed by atoms with E-state index < -0.39 is 5.82 Å². The highest BCUT2D eigenvalue weighted by molar-refractivity contribution is 5.94. The van der Waals surface area contributed by atoms with Gasteiger partial charge in [0.2, 0.25) is 0 Å². The molecule has 2 saturated carbocycles. The monoisotopic (exact) mass is 377 g/mol. The number of benzene rings is 1. The lowest BCUT2D eigenvalue weighted by Gasteiger charge is -2.31. The van der Waals surface area contributed by atoms with Gasteiger partial charge in [0.25, 0.3) is 5.91 Å². The number of nitrogens with one attached hydrogen (secondary N) is 2. The molecule has 2 aliphatic rings. The van der Waals surface area contributed by atoms with E-state index >= 15 is 0 Å². The summed E-state index contributed by atoms with van der Waals surface area (Å²) in [6.07, 6.45) is 10.3. The van der Waals surface area contributed by atoms with E-state index in [9.17, 15) is 9.18 Å². The van der Waals surface area contributed by atoms with Crippen LogP contribution in [0.3, 0.4) is 0 Å². The zero-order chi connectivity index (χ0) is 19.4. The number of amides is 1. The lowest BCUT2D eigenvalue weighted by molar-refractivity contribution is 0.0938. The molecule has 4 nitrogen and oxygen atoms in total. The van der Waals surface area contributed by atoms with E-state index in [1.807, 2.05) is 0 Å². The Bertz CT molecular complexity index is 906. The number of carbonyl (C=O) groups excluding carboxylic acids is 1. The predicted octanol–water partition coefficient (Wildman–Crippen LogP) is 3.42. The Kier molecular flexibility index (Phi) is 5.40. The fourth-order valence-electron chi connectivity index (χ4n) is 3.77. The van der Waals surface area contributed by atoms with Gasteiger partial charge < -0.3 is 10.6 Å². The maximum Gasteiger partial charge on any atom is 0.251 e. The quantitative estimate of drug-likeness (QED) is 0.785. The van der Waals surface area contributed by atoms with Crippen molar-refractivity contribution in [3.8, 4) is 11.8 Å². The summed E-state index contributed by atoms with van der Waals surface area (Å²) >= 11 is 0. The van der Waals surface area contributed by atoms with Gasteiger partial charge in [-0.1, -0.05) is 24.7 Å². The van der Waals surface area contributed by atoms with Crippen molar-refractivity contribution in [2.24, 2.45) is 0 Å². The molecular weight excluding hydrogens is 353 g/mol. The van der Waals surface area contributed by atoms with Crippen LogP contribution in [-0.4, -0.2) is 29.0 Å². The van der Waals surface area contributed by atoms with Crippen molar-refractivity contribution < 1.29 is 9.18 Å². The Labute approximate surface area is 165 Å². The Morgan fingerprint density at radius 3 is 2.57 bits per heavy atom. The van der Waals surface area contributed by atoms with Crippen molar-refractivity contribution in [2.45, 2.75) is 50.1 Å². The maximum absolute atomic E-state index is 14.4. The highest BCUT2D eigenvalue weighted by atomic mass is 19.1. The summed E-state index contributed by atoms with van der Waals surface area (Å²) < 4.78 is 14.4. The van der Waals surface area contributed by atoms with Crippen molar-refractivity contribution in [3.05, 3.63) is 65.2 Å². The Morgan fingerprint density at radius 1 is 1.14 bits per heavy atom. The van der Waals surface area contributed by atoms with Gasteiger partial charge in [-0.15, -0.1) is 0 Å². The van der Waals surface area contributed by atoms with Crippen LogP contribution in [0, 0.1) is 17.7 Å². The first-order chi connectivity index (χ1) is 13.6. The van der Waals surface area contributed by atoms with Crippen LogP contribution in [0.5, 0.6) is 0 Å². The molecule has 0 unspecified atom stereocenters. The summed E-state index contributed by atoms with van der Waals surface area (Å²) in [5.41, 5.74) is 1.37. The van der Waals surface area contributed by atoms with Crippen LogP contribution in [0.25, 0.3) is 0 Å². The number of halogens is 1. The van der Waals surface area contributed by atoms with Crippen LogP contribution in [0.1, 0.15) is 60.0 Å². The zero-order valence-electron chi connectivity index (χ0n) is 15.8. The largest absolute Gasteiger partial charge is 0.350 e. The molecule has 0 aliphatic heterocycles. The van der Waals surface area contributed by atoms with E-state index in [1.54, 1.807) is 36.7 Å². The molecular formula is C23H24FN3O. The number of aromatic nitrogens is 1. The fourth-order valence-corrected chi connectivity index (χ4v) is 3.77. The molecule has 2 aromatic rings. The molecule has 2 fully saturated rings. The van der Waals surface area contributed by atoms with E-state index in [1.165, 1.54) is 31.7 Å². The number of rotatable bonds is 5. The third-order valence-electron chi connectivity index (χ3n) is 5.49. The molecule has 2 aliphatic carbocycles. The summed E-state index contributed by atoms with van der Waals surface area (Å²) in [5, 5.41) is 6.72.